The van der Waals surface area contributed by atoms with Crippen molar-refractivity contribution in [1.29, 1.82) is 0 Å². The van der Waals surface area contributed by atoms with Gasteiger partial charge in [-0.15, -0.1) is 11.3 Å². The molecule has 0 amide bonds. The van der Waals surface area contributed by atoms with E-state index in [1.54, 1.807) is 23.5 Å². The van der Waals surface area contributed by atoms with Gasteiger partial charge in [-0.25, -0.2) is 9.37 Å². The van der Waals surface area contributed by atoms with Crippen LogP contribution in [0.1, 0.15) is 5.01 Å². The van der Waals surface area contributed by atoms with Gasteiger partial charge in [-0.1, -0.05) is 29.4 Å². The molecule has 0 bridgehead atoms. The molecule has 0 aliphatic rings. The van der Waals surface area contributed by atoms with E-state index in [0.29, 0.717) is 17.3 Å². The molecule has 0 atom stereocenters. The predicted octanol–water partition coefficient (Wildman–Crippen LogP) is 4.97. The summed E-state index contributed by atoms with van der Waals surface area (Å²) in [4.78, 5) is 8.85. The van der Waals surface area contributed by atoms with Crippen LogP contribution < -0.4 is 0 Å². The summed E-state index contributed by atoms with van der Waals surface area (Å²) in [6.07, 6.45) is 0. The van der Waals surface area contributed by atoms with Crippen LogP contribution in [-0.2, 0) is 0 Å². The molecule has 0 N–H and O–H groups in total. The van der Waals surface area contributed by atoms with E-state index in [4.69, 9.17) is 4.52 Å². The molecule has 2 aromatic heterocycles. The Labute approximate surface area is 141 Å². The van der Waals surface area contributed by atoms with Crippen LogP contribution in [0.4, 0.5) is 4.39 Å². The Morgan fingerprint density at radius 1 is 0.875 bits per heavy atom. The highest BCUT2D eigenvalue weighted by Gasteiger charge is 2.11. The zero-order chi connectivity index (χ0) is 16.5. The topological polar surface area (TPSA) is 51.8 Å². The lowest BCUT2D eigenvalue weighted by Crippen LogP contribution is -1.83. The lowest BCUT2D eigenvalue weighted by atomic mass is 10.1. The molecule has 0 unspecified atom stereocenters. The Hall–Kier alpha value is -2.86. The van der Waals surface area contributed by atoms with E-state index in [1.807, 2.05) is 36.6 Å². The third-order valence-corrected chi connectivity index (χ3v) is 4.35. The number of aromatic nitrogens is 3. The van der Waals surface area contributed by atoms with Crippen LogP contribution in [0.15, 0.2) is 58.4 Å². The maximum absolute atomic E-state index is 13.0. The number of halogens is 1. The molecule has 2 heterocycles. The molecule has 0 saturated heterocycles. The fourth-order valence-corrected chi connectivity index (χ4v) is 2.96. The first-order valence-electron chi connectivity index (χ1n) is 7.31. The predicted molar refractivity (Wildman–Crippen MR) is 91.0 cm³/mol. The highest BCUT2D eigenvalue weighted by atomic mass is 32.1. The number of nitrogens with zero attached hydrogens (tertiary/aromatic N) is 3. The van der Waals surface area contributed by atoms with Gasteiger partial charge in [0.1, 0.15) is 5.82 Å². The normalized spacial score (nSPS) is 10.9. The molecule has 0 spiro atoms. The van der Waals surface area contributed by atoms with E-state index in [9.17, 15) is 4.39 Å². The Balaban J connectivity index is 1.61. The largest absolute Gasteiger partial charge is 0.334 e. The van der Waals surface area contributed by atoms with Crippen molar-refractivity contribution in [2.24, 2.45) is 0 Å². The Kier molecular flexibility index (Phi) is 3.66. The Morgan fingerprint density at radius 3 is 2.21 bits per heavy atom. The zero-order valence-corrected chi connectivity index (χ0v) is 13.5. The number of thiazole rings is 1. The molecule has 6 heteroatoms. The number of rotatable bonds is 3. The van der Waals surface area contributed by atoms with Crippen LogP contribution in [0, 0.1) is 12.7 Å². The standard InChI is InChI=1S/C18H12FN3OS/c1-11-20-16(10-24-11)12-2-4-13(5-3-12)17-21-18(23-22-17)14-6-8-15(19)9-7-14/h2-10H,1H3. The van der Waals surface area contributed by atoms with Crippen LogP contribution in [0.25, 0.3) is 34.1 Å². The van der Waals surface area contributed by atoms with E-state index < -0.39 is 0 Å². The summed E-state index contributed by atoms with van der Waals surface area (Å²) >= 11 is 1.62. The molecule has 0 aliphatic heterocycles. The second kappa shape index (κ2) is 5.98. The number of aryl methyl sites for hydroxylation is 1. The molecule has 118 valence electrons. The average Bonchev–Trinajstić information content (AvgIpc) is 3.25. The first-order valence-corrected chi connectivity index (χ1v) is 8.19. The van der Waals surface area contributed by atoms with Crippen molar-refractivity contribution >= 4 is 11.3 Å². The fourth-order valence-electron chi connectivity index (χ4n) is 2.34. The molecule has 0 radical (unpaired) electrons. The third-order valence-electron chi connectivity index (χ3n) is 3.58. The van der Waals surface area contributed by atoms with Gasteiger partial charge in [-0.3, -0.25) is 0 Å². The van der Waals surface area contributed by atoms with Gasteiger partial charge >= 0.3 is 0 Å². The number of hydrogen-bond acceptors (Lipinski definition) is 5. The summed E-state index contributed by atoms with van der Waals surface area (Å²) in [5.74, 6) is 0.561. The van der Waals surface area contributed by atoms with Crippen molar-refractivity contribution in [2.45, 2.75) is 6.92 Å². The molecule has 0 saturated carbocycles. The van der Waals surface area contributed by atoms with Crippen molar-refractivity contribution in [3.63, 3.8) is 0 Å². The lowest BCUT2D eigenvalue weighted by molar-refractivity contribution is 0.432. The molecule has 0 fully saturated rings. The van der Waals surface area contributed by atoms with Crippen molar-refractivity contribution in [2.75, 3.05) is 0 Å². The number of benzene rings is 2. The molecule has 2 aromatic carbocycles. The highest BCUT2D eigenvalue weighted by Crippen LogP contribution is 2.26. The first kappa shape index (κ1) is 14.7. The van der Waals surface area contributed by atoms with Crippen LogP contribution in [0.2, 0.25) is 0 Å². The van der Waals surface area contributed by atoms with Crippen LogP contribution in [0.3, 0.4) is 0 Å². The van der Waals surface area contributed by atoms with Crippen LogP contribution >= 0.6 is 11.3 Å². The van der Waals surface area contributed by atoms with E-state index in [1.165, 1.54) is 12.1 Å². The van der Waals surface area contributed by atoms with E-state index in [2.05, 4.69) is 15.1 Å². The van der Waals surface area contributed by atoms with Crippen molar-refractivity contribution < 1.29 is 8.91 Å². The van der Waals surface area contributed by atoms with E-state index in [0.717, 1.165) is 21.8 Å². The second-order valence-electron chi connectivity index (χ2n) is 5.26. The van der Waals surface area contributed by atoms with Gasteiger partial charge in [0.15, 0.2) is 0 Å². The minimum Gasteiger partial charge on any atom is -0.334 e. The van der Waals surface area contributed by atoms with E-state index >= 15 is 0 Å². The quantitative estimate of drug-likeness (QED) is 0.529. The molecule has 4 nitrogen and oxygen atoms in total. The van der Waals surface area contributed by atoms with Gasteiger partial charge in [0.05, 0.1) is 10.7 Å². The molecule has 4 aromatic rings. The second-order valence-corrected chi connectivity index (χ2v) is 6.32. The zero-order valence-electron chi connectivity index (χ0n) is 12.7. The van der Waals surface area contributed by atoms with Crippen LogP contribution in [0.5, 0.6) is 0 Å². The van der Waals surface area contributed by atoms with Gasteiger partial charge in [0, 0.05) is 22.1 Å². The fraction of sp³-hybridized carbons (Fsp3) is 0.0556. The van der Waals surface area contributed by atoms with Crippen molar-refractivity contribution in [3.8, 4) is 34.1 Å². The monoisotopic (exact) mass is 337 g/mol. The molecule has 24 heavy (non-hydrogen) atoms. The summed E-state index contributed by atoms with van der Waals surface area (Å²) in [6.45, 7) is 1.98. The molecule has 4 rings (SSSR count). The Bertz CT molecular complexity index is 974. The number of hydrogen-bond donors (Lipinski definition) is 0. The average molecular weight is 337 g/mol. The molecular formula is C18H12FN3OS. The summed E-state index contributed by atoms with van der Waals surface area (Å²) in [5, 5.41) is 7.07. The van der Waals surface area contributed by atoms with Gasteiger partial charge < -0.3 is 4.52 Å². The third kappa shape index (κ3) is 2.83. The summed E-state index contributed by atoms with van der Waals surface area (Å²) in [5.41, 5.74) is 3.54. The summed E-state index contributed by atoms with van der Waals surface area (Å²) in [7, 11) is 0. The lowest BCUT2D eigenvalue weighted by Gasteiger charge is -1.98. The van der Waals surface area contributed by atoms with E-state index in [-0.39, 0.29) is 5.82 Å². The minimum atomic E-state index is -0.300. The molecular weight excluding hydrogens is 325 g/mol. The van der Waals surface area contributed by atoms with Crippen molar-refractivity contribution in [3.05, 3.63) is 64.7 Å². The maximum Gasteiger partial charge on any atom is 0.258 e. The highest BCUT2D eigenvalue weighted by molar-refractivity contribution is 7.09. The van der Waals surface area contributed by atoms with Gasteiger partial charge in [0.2, 0.25) is 5.82 Å². The molecule has 0 aliphatic carbocycles. The summed E-state index contributed by atoms with van der Waals surface area (Å²) in [6, 6.07) is 13.8. The van der Waals surface area contributed by atoms with Gasteiger partial charge in [0.25, 0.3) is 5.89 Å². The Morgan fingerprint density at radius 2 is 1.54 bits per heavy atom. The first-order chi connectivity index (χ1) is 11.7. The smallest absolute Gasteiger partial charge is 0.258 e. The van der Waals surface area contributed by atoms with Gasteiger partial charge in [-0.2, -0.15) is 4.98 Å². The maximum atomic E-state index is 13.0. The summed E-state index contributed by atoms with van der Waals surface area (Å²) < 4.78 is 18.2. The minimum absolute atomic E-state index is 0.300. The van der Waals surface area contributed by atoms with Crippen LogP contribution in [-0.4, -0.2) is 15.1 Å². The van der Waals surface area contributed by atoms with Gasteiger partial charge in [-0.05, 0) is 31.2 Å². The SMILES string of the molecule is Cc1nc(-c2ccc(-c3noc(-c4ccc(F)cc4)n3)cc2)cs1. The van der Waals surface area contributed by atoms with Crippen molar-refractivity contribution in [1.82, 2.24) is 15.1 Å².